The van der Waals surface area contributed by atoms with Gasteiger partial charge in [0.05, 0.1) is 23.8 Å². The zero-order valence-electron chi connectivity index (χ0n) is 9.34. The van der Waals surface area contributed by atoms with Gasteiger partial charge < -0.3 is 4.74 Å². The van der Waals surface area contributed by atoms with Crippen LogP contribution in [0.15, 0.2) is 18.2 Å². The molecule has 0 amide bonds. The third-order valence-electron chi connectivity index (χ3n) is 2.15. The van der Waals surface area contributed by atoms with E-state index in [0.717, 1.165) is 0 Å². The number of halogens is 2. The molecule has 0 saturated heterocycles. The number of rotatable bonds is 5. The van der Waals surface area contributed by atoms with Crippen molar-refractivity contribution in [3.8, 4) is 0 Å². The second-order valence-electron chi connectivity index (χ2n) is 3.74. The Balaban J connectivity index is 2.82. The lowest BCUT2D eigenvalue weighted by molar-refractivity contribution is 0.0604. The summed E-state index contributed by atoms with van der Waals surface area (Å²) in [5, 5.41) is 0.0855. The number of nitrogens with one attached hydrogen (secondary N) is 1. The Hall–Kier alpha value is -0.680. The van der Waals surface area contributed by atoms with E-state index >= 15 is 0 Å². The predicted octanol–water partition coefficient (Wildman–Crippen LogP) is 2.41. The zero-order chi connectivity index (χ0) is 12.1. The summed E-state index contributed by atoms with van der Waals surface area (Å²) in [6.45, 7) is 4.11. The van der Waals surface area contributed by atoms with Crippen LogP contribution in [0.5, 0.6) is 0 Å². The van der Waals surface area contributed by atoms with Gasteiger partial charge in [-0.05, 0) is 19.9 Å². The molecular weight excluding hydrogens is 231 g/mol. The van der Waals surface area contributed by atoms with E-state index in [4.69, 9.17) is 22.2 Å². The van der Waals surface area contributed by atoms with Crippen molar-refractivity contribution in [2.24, 2.45) is 5.84 Å². The Morgan fingerprint density at radius 3 is 2.75 bits per heavy atom. The molecule has 0 saturated carbocycles. The van der Waals surface area contributed by atoms with Crippen molar-refractivity contribution in [2.45, 2.75) is 26.0 Å². The summed E-state index contributed by atoms with van der Waals surface area (Å²) in [7, 11) is 0. The molecule has 0 spiro atoms. The van der Waals surface area contributed by atoms with Gasteiger partial charge in [-0.2, -0.15) is 0 Å². The average molecular weight is 247 g/mol. The lowest BCUT2D eigenvalue weighted by Crippen LogP contribution is -2.32. The fourth-order valence-electron chi connectivity index (χ4n) is 1.31. The summed E-state index contributed by atoms with van der Waals surface area (Å²) in [5.41, 5.74) is 2.93. The molecule has 90 valence electrons. The van der Waals surface area contributed by atoms with Crippen molar-refractivity contribution in [1.29, 1.82) is 0 Å². The Morgan fingerprint density at radius 1 is 1.50 bits per heavy atom. The quantitative estimate of drug-likeness (QED) is 0.620. The van der Waals surface area contributed by atoms with Crippen molar-refractivity contribution in [3.63, 3.8) is 0 Å². The molecule has 1 aromatic rings. The highest BCUT2D eigenvalue weighted by Crippen LogP contribution is 2.23. The Kier molecular flexibility index (Phi) is 5.15. The average Bonchev–Trinajstić information content (AvgIpc) is 2.24. The van der Waals surface area contributed by atoms with Crippen molar-refractivity contribution in [3.05, 3.63) is 34.6 Å². The van der Waals surface area contributed by atoms with E-state index in [9.17, 15) is 4.39 Å². The van der Waals surface area contributed by atoms with Crippen molar-refractivity contribution >= 4 is 11.6 Å². The maximum absolute atomic E-state index is 13.7. The second-order valence-corrected chi connectivity index (χ2v) is 4.15. The first-order valence-corrected chi connectivity index (χ1v) is 5.45. The third-order valence-corrected chi connectivity index (χ3v) is 2.45. The number of nitrogens with two attached hydrogens (primary N) is 1. The minimum absolute atomic E-state index is 0.0677. The van der Waals surface area contributed by atoms with E-state index in [1.165, 1.54) is 6.07 Å². The first-order chi connectivity index (χ1) is 7.56. The van der Waals surface area contributed by atoms with Gasteiger partial charge in [0.1, 0.15) is 5.82 Å². The molecular formula is C11H16ClFN2O. The Labute approximate surface area is 99.7 Å². The van der Waals surface area contributed by atoms with Gasteiger partial charge >= 0.3 is 0 Å². The van der Waals surface area contributed by atoms with Crippen LogP contribution in [0.1, 0.15) is 25.5 Å². The first-order valence-electron chi connectivity index (χ1n) is 5.08. The Bertz CT molecular complexity index is 347. The normalized spacial score (nSPS) is 13.1. The van der Waals surface area contributed by atoms with Crippen LogP contribution in [-0.4, -0.2) is 12.7 Å². The largest absolute Gasteiger partial charge is 0.377 e. The standard InChI is InChI=1S/C11H16ClFN2O/c1-7(2)16-6-10(15-14)8-4-3-5-9(12)11(8)13/h3-5,7,10,15H,6,14H2,1-2H3. The monoisotopic (exact) mass is 246 g/mol. The molecule has 0 bridgehead atoms. The fourth-order valence-corrected chi connectivity index (χ4v) is 1.49. The van der Waals surface area contributed by atoms with E-state index in [1.807, 2.05) is 13.8 Å². The molecule has 1 unspecified atom stereocenters. The van der Waals surface area contributed by atoms with Crippen molar-refractivity contribution in [1.82, 2.24) is 5.43 Å². The predicted molar refractivity (Wildman–Crippen MR) is 62.6 cm³/mol. The molecule has 3 nitrogen and oxygen atoms in total. The highest BCUT2D eigenvalue weighted by Gasteiger charge is 2.16. The third kappa shape index (κ3) is 3.42. The summed E-state index contributed by atoms with van der Waals surface area (Å²) in [4.78, 5) is 0. The van der Waals surface area contributed by atoms with Gasteiger partial charge in [0, 0.05) is 5.56 Å². The number of hydrazine groups is 1. The lowest BCUT2D eigenvalue weighted by atomic mass is 10.1. The summed E-state index contributed by atoms with van der Waals surface area (Å²) >= 11 is 5.69. The molecule has 16 heavy (non-hydrogen) atoms. The fraction of sp³-hybridized carbons (Fsp3) is 0.455. The van der Waals surface area contributed by atoms with Crippen molar-refractivity contribution < 1.29 is 9.13 Å². The molecule has 1 aromatic carbocycles. The first kappa shape index (κ1) is 13.4. The van der Waals surface area contributed by atoms with Gasteiger partial charge in [-0.1, -0.05) is 23.7 Å². The number of hydrogen-bond donors (Lipinski definition) is 2. The number of hydrogen-bond acceptors (Lipinski definition) is 3. The van der Waals surface area contributed by atoms with Gasteiger partial charge in [0.25, 0.3) is 0 Å². The molecule has 0 aromatic heterocycles. The van der Waals surface area contributed by atoms with Gasteiger partial charge in [-0.3, -0.25) is 11.3 Å². The van der Waals surface area contributed by atoms with Crippen LogP contribution in [0.4, 0.5) is 4.39 Å². The van der Waals surface area contributed by atoms with Crippen LogP contribution in [0, 0.1) is 5.82 Å². The molecule has 0 aliphatic rings. The van der Waals surface area contributed by atoms with Gasteiger partial charge in [0.15, 0.2) is 0 Å². The maximum atomic E-state index is 13.7. The highest BCUT2D eigenvalue weighted by atomic mass is 35.5. The second kappa shape index (κ2) is 6.15. The van der Waals surface area contributed by atoms with Crippen LogP contribution in [-0.2, 0) is 4.74 Å². The lowest BCUT2D eigenvalue weighted by Gasteiger charge is -2.19. The molecule has 1 atom stereocenters. The van der Waals surface area contributed by atoms with Crippen LogP contribution in [0.2, 0.25) is 5.02 Å². The van der Waals surface area contributed by atoms with Gasteiger partial charge in [0.2, 0.25) is 0 Å². The zero-order valence-corrected chi connectivity index (χ0v) is 10.1. The van der Waals surface area contributed by atoms with E-state index in [2.05, 4.69) is 5.43 Å². The summed E-state index contributed by atoms with van der Waals surface area (Å²) in [6, 6.07) is 4.41. The van der Waals surface area contributed by atoms with Crippen LogP contribution in [0.25, 0.3) is 0 Å². The SMILES string of the molecule is CC(C)OCC(NN)c1cccc(Cl)c1F. The number of benzene rings is 1. The van der Waals surface area contributed by atoms with Crippen molar-refractivity contribution in [2.75, 3.05) is 6.61 Å². The van der Waals surface area contributed by atoms with Gasteiger partial charge in [-0.25, -0.2) is 4.39 Å². The molecule has 0 fully saturated rings. The van der Waals surface area contributed by atoms with E-state index < -0.39 is 11.9 Å². The summed E-state index contributed by atoms with van der Waals surface area (Å²) < 4.78 is 19.1. The highest BCUT2D eigenvalue weighted by molar-refractivity contribution is 6.30. The summed E-state index contributed by atoms with van der Waals surface area (Å²) in [6.07, 6.45) is 0.0677. The van der Waals surface area contributed by atoms with E-state index in [-0.39, 0.29) is 11.1 Å². The van der Waals surface area contributed by atoms with E-state index in [0.29, 0.717) is 12.2 Å². The topological polar surface area (TPSA) is 47.3 Å². The molecule has 0 radical (unpaired) electrons. The molecule has 0 aliphatic carbocycles. The molecule has 3 N–H and O–H groups in total. The summed E-state index contributed by atoms with van der Waals surface area (Å²) in [5.74, 6) is 4.91. The molecule has 1 rings (SSSR count). The van der Waals surface area contributed by atoms with Gasteiger partial charge in [-0.15, -0.1) is 0 Å². The minimum Gasteiger partial charge on any atom is -0.377 e. The van der Waals surface area contributed by atoms with Crippen LogP contribution < -0.4 is 11.3 Å². The minimum atomic E-state index is -0.459. The molecule has 0 heterocycles. The van der Waals surface area contributed by atoms with Crippen LogP contribution >= 0.6 is 11.6 Å². The molecule has 5 heteroatoms. The maximum Gasteiger partial charge on any atom is 0.146 e. The smallest absolute Gasteiger partial charge is 0.146 e. The Morgan fingerprint density at radius 2 is 2.19 bits per heavy atom. The van der Waals surface area contributed by atoms with Crippen LogP contribution in [0.3, 0.4) is 0 Å². The van der Waals surface area contributed by atoms with E-state index in [1.54, 1.807) is 12.1 Å². The number of ether oxygens (including phenoxy) is 1. The molecule has 0 aliphatic heterocycles.